The summed E-state index contributed by atoms with van der Waals surface area (Å²) >= 11 is 0. The molecule has 0 aromatic carbocycles. The number of rotatable bonds is 12. The lowest BCUT2D eigenvalue weighted by atomic mass is 9.85. The number of carbonyl (C=O) groups is 2. The second kappa shape index (κ2) is 14.6. The van der Waals surface area contributed by atoms with Gasteiger partial charge in [-0.2, -0.15) is 5.26 Å². The maximum Gasteiger partial charge on any atom is 0.255 e. The van der Waals surface area contributed by atoms with E-state index in [1.54, 1.807) is 12.3 Å². The van der Waals surface area contributed by atoms with Crippen molar-refractivity contribution in [2.75, 3.05) is 44.7 Å². The first-order chi connectivity index (χ1) is 22.0. The quantitative estimate of drug-likeness (QED) is 0.220. The molecule has 246 valence electrons. The molecule has 12 nitrogen and oxygen atoms in total. The van der Waals surface area contributed by atoms with Gasteiger partial charge in [-0.25, -0.2) is 9.97 Å². The molecule has 2 fully saturated rings. The van der Waals surface area contributed by atoms with Gasteiger partial charge in [-0.3, -0.25) is 19.1 Å². The third-order valence-electron chi connectivity index (χ3n) is 9.10. The third-order valence-corrected chi connectivity index (χ3v) is 9.10. The van der Waals surface area contributed by atoms with E-state index in [0.717, 1.165) is 50.7 Å². The number of anilines is 1. The van der Waals surface area contributed by atoms with Crippen molar-refractivity contribution in [3.8, 4) is 11.9 Å². The molecular weight excluding hydrogens is 582 g/mol. The van der Waals surface area contributed by atoms with Crippen LogP contribution in [0.2, 0.25) is 0 Å². The Morgan fingerprint density at radius 1 is 1.15 bits per heavy atom. The third kappa shape index (κ3) is 8.02. The molecule has 4 heterocycles. The van der Waals surface area contributed by atoms with Gasteiger partial charge in [0.25, 0.3) is 5.91 Å². The molecule has 3 aromatic rings. The van der Waals surface area contributed by atoms with Crippen LogP contribution in [0.5, 0.6) is 0 Å². The molecule has 3 aromatic heterocycles. The zero-order valence-corrected chi connectivity index (χ0v) is 27.4. The number of ether oxygens (including phenoxy) is 1. The Kier molecular flexibility index (Phi) is 10.6. The molecule has 0 radical (unpaired) electrons. The molecule has 0 bridgehead atoms. The highest BCUT2D eigenvalue weighted by atomic mass is 16.5. The number of nitriles is 1. The molecule has 5 rings (SSSR count). The average molecular weight is 630 g/mol. The average Bonchev–Trinajstić information content (AvgIpc) is 3.56. The van der Waals surface area contributed by atoms with Crippen LogP contribution in [0.1, 0.15) is 69.3 Å². The van der Waals surface area contributed by atoms with Crippen molar-refractivity contribution < 1.29 is 14.3 Å². The smallest absolute Gasteiger partial charge is 0.255 e. The summed E-state index contributed by atoms with van der Waals surface area (Å²) in [5.41, 5.74) is 8.66. The Morgan fingerprint density at radius 2 is 1.93 bits per heavy atom. The van der Waals surface area contributed by atoms with Crippen molar-refractivity contribution in [3.63, 3.8) is 0 Å². The largest absolute Gasteiger partial charge is 0.382 e. The Bertz CT molecular complexity index is 1570. The number of pyridine rings is 2. The van der Waals surface area contributed by atoms with E-state index in [2.05, 4.69) is 50.7 Å². The summed E-state index contributed by atoms with van der Waals surface area (Å²) in [6.07, 6.45) is 7.89. The van der Waals surface area contributed by atoms with Crippen molar-refractivity contribution >= 4 is 28.5 Å². The fourth-order valence-corrected chi connectivity index (χ4v) is 6.36. The first-order valence-corrected chi connectivity index (χ1v) is 16.3. The van der Waals surface area contributed by atoms with Gasteiger partial charge in [0, 0.05) is 80.3 Å². The summed E-state index contributed by atoms with van der Waals surface area (Å²) in [5, 5.41) is 19.6. The van der Waals surface area contributed by atoms with Crippen LogP contribution in [-0.4, -0.2) is 88.8 Å². The standard InChI is InChI=1S/C34H47N9O3/c1-22(2)40-28-16-30(43-11-9-25-15-23(17-35)18-39-31(25)43)38-19-27(28)33(45)41-26-7-5-24(6-8-26)32(44)37-10-13-46-14-12-42-20-29(36)34(3,4)21-42/h9,11,15-16,18-19,22,24,26,29H,5-8,10,12-14,20-21,36H2,1-4H3,(H,37,44)(H,38,40)(H,41,45)/t24?,26?,29-/m0/s1. The van der Waals surface area contributed by atoms with Crippen LogP contribution < -0.4 is 21.7 Å². The van der Waals surface area contributed by atoms with Gasteiger partial charge in [0.2, 0.25) is 5.91 Å². The highest BCUT2D eigenvalue weighted by Crippen LogP contribution is 2.28. The molecular formula is C34H47N9O3. The Balaban J connectivity index is 1.08. The second-order valence-corrected chi connectivity index (χ2v) is 13.6. The molecule has 1 aliphatic carbocycles. The normalized spacial score (nSPS) is 21.3. The number of carbonyl (C=O) groups excluding carboxylic acids is 2. The van der Waals surface area contributed by atoms with E-state index in [0.29, 0.717) is 48.0 Å². The van der Waals surface area contributed by atoms with E-state index < -0.39 is 0 Å². The van der Waals surface area contributed by atoms with Crippen LogP contribution in [0.3, 0.4) is 0 Å². The van der Waals surface area contributed by atoms with Gasteiger partial charge in [-0.15, -0.1) is 0 Å². The topological polar surface area (TPSA) is 163 Å². The van der Waals surface area contributed by atoms with Gasteiger partial charge < -0.3 is 26.4 Å². The van der Waals surface area contributed by atoms with Crippen molar-refractivity contribution in [1.29, 1.82) is 5.26 Å². The number of nitrogens with zero attached hydrogens (tertiary/aromatic N) is 5. The number of hydrogen-bond donors (Lipinski definition) is 4. The lowest BCUT2D eigenvalue weighted by molar-refractivity contribution is -0.126. The van der Waals surface area contributed by atoms with E-state index in [4.69, 9.17) is 10.5 Å². The Labute approximate surface area is 271 Å². The zero-order valence-electron chi connectivity index (χ0n) is 27.4. The monoisotopic (exact) mass is 629 g/mol. The van der Waals surface area contributed by atoms with Crippen LogP contribution in [0.15, 0.2) is 36.8 Å². The summed E-state index contributed by atoms with van der Waals surface area (Å²) in [5.74, 6) is 0.416. The summed E-state index contributed by atoms with van der Waals surface area (Å²) in [6, 6.07) is 7.91. The van der Waals surface area contributed by atoms with E-state index in [1.165, 1.54) is 6.20 Å². The summed E-state index contributed by atoms with van der Waals surface area (Å²) in [4.78, 5) is 37.6. The predicted molar refractivity (Wildman–Crippen MR) is 178 cm³/mol. The number of fused-ring (bicyclic) bond motifs is 1. The van der Waals surface area contributed by atoms with Gasteiger partial charge in [-0.05, 0) is 57.1 Å². The zero-order chi connectivity index (χ0) is 32.8. The number of amides is 2. The highest BCUT2D eigenvalue weighted by molar-refractivity contribution is 6.00. The van der Waals surface area contributed by atoms with Gasteiger partial charge in [-0.1, -0.05) is 13.8 Å². The van der Waals surface area contributed by atoms with Crippen LogP contribution in [0, 0.1) is 22.7 Å². The maximum atomic E-state index is 13.4. The second-order valence-electron chi connectivity index (χ2n) is 13.6. The number of nitrogens with one attached hydrogen (secondary N) is 3. The minimum atomic E-state index is -0.194. The molecule has 1 saturated carbocycles. The minimum absolute atomic E-state index is 0.0120. The predicted octanol–water partition coefficient (Wildman–Crippen LogP) is 3.20. The van der Waals surface area contributed by atoms with Crippen LogP contribution >= 0.6 is 0 Å². The molecule has 5 N–H and O–H groups in total. The van der Waals surface area contributed by atoms with E-state index >= 15 is 0 Å². The van der Waals surface area contributed by atoms with E-state index in [9.17, 15) is 14.9 Å². The van der Waals surface area contributed by atoms with Crippen LogP contribution in [0.4, 0.5) is 5.69 Å². The lowest BCUT2D eigenvalue weighted by Crippen LogP contribution is -2.41. The molecule has 1 saturated heterocycles. The molecule has 2 aliphatic rings. The van der Waals surface area contributed by atoms with Gasteiger partial charge in [0.05, 0.1) is 30.0 Å². The number of aromatic nitrogens is 3. The summed E-state index contributed by atoms with van der Waals surface area (Å²) in [7, 11) is 0. The van der Waals surface area contributed by atoms with Gasteiger partial charge >= 0.3 is 0 Å². The molecule has 12 heteroatoms. The molecule has 1 aliphatic heterocycles. The van der Waals surface area contributed by atoms with Crippen molar-refractivity contribution in [1.82, 2.24) is 30.1 Å². The maximum absolute atomic E-state index is 13.4. The van der Waals surface area contributed by atoms with Gasteiger partial charge in [0.15, 0.2) is 0 Å². The number of likely N-dealkylation sites (tertiary alicyclic amines) is 1. The highest BCUT2D eigenvalue weighted by Gasteiger charge is 2.36. The fourth-order valence-electron chi connectivity index (χ4n) is 6.36. The molecule has 0 unspecified atom stereocenters. The van der Waals surface area contributed by atoms with Crippen molar-refractivity contribution in [3.05, 3.63) is 47.9 Å². The van der Waals surface area contributed by atoms with Crippen molar-refractivity contribution in [2.45, 2.75) is 71.5 Å². The summed E-state index contributed by atoms with van der Waals surface area (Å²) < 4.78 is 7.60. The van der Waals surface area contributed by atoms with E-state index in [-0.39, 0.29) is 41.3 Å². The number of hydrogen-bond acceptors (Lipinski definition) is 9. The Hall–Kier alpha value is -4.05. The van der Waals surface area contributed by atoms with Crippen molar-refractivity contribution in [2.24, 2.45) is 17.1 Å². The number of nitrogens with two attached hydrogens (primary N) is 1. The van der Waals surface area contributed by atoms with Crippen LogP contribution in [-0.2, 0) is 9.53 Å². The first kappa shape index (κ1) is 33.3. The molecule has 46 heavy (non-hydrogen) atoms. The lowest BCUT2D eigenvalue weighted by Gasteiger charge is -2.28. The van der Waals surface area contributed by atoms with E-state index in [1.807, 2.05) is 36.7 Å². The fraction of sp³-hybridized carbons (Fsp3) is 0.559. The SMILES string of the molecule is CC(C)Nc1cc(-n2ccc3cc(C#N)cnc32)ncc1C(=O)NC1CCC(C(=O)NCCOCCN2C[C@H](N)C(C)(C)C2)CC1. The summed E-state index contributed by atoms with van der Waals surface area (Å²) in [6.45, 7) is 12.8. The van der Waals surface area contributed by atoms with Crippen LogP contribution in [0.25, 0.3) is 16.9 Å². The molecule has 1 atom stereocenters. The molecule has 0 spiro atoms. The van der Waals surface area contributed by atoms with Gasteiger partial charge in [0.1, 0.15) is 17.5 Å². The molecule has 2 amide bonds. The minimum Gasteiger partial charge on any atom is -0.382 e. The first-order valence-electron chi connectivity index (χ1n) is 16.3. The Morgan fingerprint density at radius 3 is 2.63 bits per heavy atom.